The van der Waals surface area contributed by atoms with E-state index in [-0.39, 0.29) is 37.1 Å². The molecule has 0 amide bonds. The van der Waals surface area contributed by atoms with E-state index >= 15 is 0 Å². The fourth-order valence-corrected chi connectivity index (χ4v) is 5.40. The second kappa shape index (κ2) is 17.1. The molecule has 0 radical (unpaired) electrons. The first kappa shape index (κ1) is 41.1. The highest BCUT2D eigenvalue weighted by atomic mass is 16.7. The van der Waals surface area contributed by atoms with Gasteiger partial charge in [0.05, 0.1) is 12.1 Å². The Morgan fingerprint density at radius 3 is 1.10 bits per heavy atom. The van der Waals surface area contributed by atoms with Crippen molar-refractivity contribution in [3.8, 4) is 0 Å². The molecule has 268 valence electrons. The molecule has 8 nitrogen and oxygen atoms in total. The van der Waals surface area contributed by atoms with Crippen LogP contribution in [-0.4, -0.2) is 57.6 Å². The highest BCUT2D eigenvalue weighted by Gasteiger charge is 2.43. The van der Waals surface area contributed by atoms with Crippen LogP contribution in [0, 0.1) is 11.8 Å². The number of carbonyl (C=O) groups excluding carboxylic acids is 2. The number of benzene rings is 2. The normalized spacial score (nSPS) is 14.6. The summed E-state index contributed by atoms with van der Waals surface area (Å²) in [6.07, 6.45) is 3.31. The van der Waals surface area contributed by atoms with Gasteiger partial charge in [-0.25, -0.2) is 9.59 Å². The van der Waals surface area contributed by atoms with Crippen LogP contribution in [0.4, 0.5) is 0 Å². The molecule has 2 aromatic rings. The molecule has 0 saturated heterocycles. The van der Waals surface area contributed by atoms with Crippen molar-refractivity contribution in [3.05, 3.63) is 83.9 Å². The van der Waals surface area contributed by atoms with Gasteiger partial charge in [-0.05, 0) is 104 Å². The van der Waals surface area contributed by atoms with Crippen molar-refractivity contribution in [3.63, 3.8) is 0 Å². The first-order valence-electron chi connectivity index (χ1n) is 17.2. The van der Waals surface area contributed by atoms with Crippen molar-refractivity contribution in [1.29, 1.82) is 0 Å². The van der Waals surface area contributed by atoms with E-state index in [2.05, 4.69) is 93.5 Å². The Balaban J connectivity index is 2.01. The molecule has 0 aliphatic carbocycles. The second-order valence-electron chi connectivity index (χ2n) is 16.1. The molecule has 2 rings (SSSR count). The van der Waals surface area contributed by atoms with Crippen LogP contribution in [0.5, 0.6) is 0 Å². The summed E-state index contributed by atoms with van der Waals surface area (Å²) >= 11 is 0. The molecule has 0 heterocycles. The maximum Gasteiger partial charge on any atom is 0.340 e. The lowest BCUT2D eigenvalue weighted by atomic mass is 9.92. The summed E-state index contributed by atoms with van der Waals surface area (Å²) in [6.45, 7) is 27.8. The Morgan fingerprint density at radius 2 is 0.854 bits per heavy atom. The van der Waals surface area contributed by atoms with Gasteiger partial charge in [-0.2, -0.15) is 10.1 Å². The fraction of sp³-hybridized carbons (Fsp3) is 0.600. The maximum absolute atomic E-state index is 13.2. The highest BCUT2D eigenvalue weighted by molar-refractivity contribution is 5.79. The monoisotopic (exact) mass is 666 g/mol. The van der Waals surface area contributed by atoms with Gasteiger partial charge < -0.3 is 9.47 Å². The zero-order chi connectivity index (χ0) is 36.5. The van der Waals surface area contributed by atoms with E-state index in [1.807, 2.05) is 46.5 Å². The minimum absolute atomic E-state index is 0.00975. The highest BCUT2D eigenvalue weighted by Crippen LogP contribution is 2.38. The summed E-state index contributed by atoms with van der Waals surface area (Å²) in [5.41, 5.74) is -1.07. The molecule has 0 aliphatic heterocycles. The van der Waals surface area contributed by atoms with E-state index in [1.165, 1.54) is 0 Å². The molecule has 0 aromatic heterocycles. The zero-order valence-electron chi connectivity index (χ0n) is 32.0. The van der Waals surface area contributed by atoms with Crippen LogP contribution in [0.25, 0.3) is 0 Å². The molecule has 0 saturated carbocycles. The molecular weight excluding hydrogens is 604 g/mol. The van der Waals surface area contributed by atoms with E-state index in [1.54, 1.807) is 39.8 Å². The van der Waals surface area contributed by atoms with Gasteiger partial charge in [-0.3, -0.25) is 9.68 Å². The van der Waals surface area contributed by atoms with Crippen molar-refractivity contribution < 1.29 is 28.7 Å². The number of carbonyl (C=O) groups is 2. The standard InChI is InChI=1S/C40H62N2O6/c1-29(2)33(31-23-17-15-18-24-31)41(37(5,6)7)47-39(11,12)35(43)45-27-21-22-28-46-36(44)40(13,14)48-42(38(8,9)10)34(30(3)4)32-25-19-16-20-26-32/h15-26,29-30,33-34H,27-28H2,1-14H3/b22-21-. The van der Waals surface area contributed by atoms with Crippen LogP contribution < -0.4 is 0 Å². The van der Waals surface area contributed by atoms with Crippen LogP contribution in [0.3, 0.4) is 0 Å². The van der Waals surface area contributed by atoms with Crippen molar-refractivity contribution >= 4 is 11.9 Å². The summed E-state index contributed by atoms with van der Waals surface area (Å²) in [6, 6.07) is 20.2. The molecule has 2 atom stereocenters. The summed E-state index contributed by atoms with van der Waals surface area (Å²) in [7, 11) is 0. The van der Waals surface area contributed by atoms with Crippen molar-refractivity contribution in [2.75, 3.05) is 13.2 Å². The van der Waals surface area contributed by atoms with Gasteiger partial charge in [0.2, 0.25) is 0 Å². The smallest absolute Gasteiger partial charge is 0.340 e. The van der Waals surface area contributed by atoms with Gasteiger partial charge in [0.1, 0.15) is 13.2 Å². The minimum atomic E-state index is -1.25. The molecule has 2 aromatic carbocycles. The molecule has 8 heteroatoms. The van der Waals surface area contributed by atoms with E-state index in [0.29, 0.717) is 0 Å². The van der Waals surface area contributed by atoms with Crippen LogP contribution in [0.2, 0.25) is 0 Å². The molecule has 0 bridgehead atoms. The summed E-state index contributed by atoms with van der Waals surface area (Å²) < 4.78 is 11.1. The van der Waals surface area contributed by atoms with E-state index in [0.717, 1.165) is 11.1 Å². The van der Waals surface area contributed by atoms with Crippen molar-refractivity contribution in [2.24, 2.45) is 11.8 Å². The zero-order valence-corrected chi connectivity index (χ0v) is 32.0. The number of rotatable bonds is 16. The van der Waals surface area contributed by atoms with Gasteiger partial charge >= 0.3 is 11.9 Å². The van der Waals surface area contributed by atoms with E-state index in [4.69, 9.17) is 19.1 Å². The Bertz CT molecular complexity index is 1210. The lowest BCUT2D eigenvalue weighted by Crippen LogP contribution is -2.52. The van der Waals surface area contributed by atoms with Crippen molar-refractivity contribution in [2.45, 2.75) is 131 Å². The average molecular weight is 667 g/mol. The molecule has 48 heavy (non-hydrogen) atoms. The Morgan fingerprint density at radius 1 is 0.562 bits per heavy atom. The van der Waals surface area contributed by atoms with Crippen LogP contribution in [0.1, 0.15) is 120 Å². The summed E-state index contributed by atoms with van der Waals surface area (Å²) in [5, 5.41) is 3.83. The molecule has 0 N–H and O–H groups in total. The van der Waals surface area contributed by atoms with E-state index in [9.17, 15) is 9.59 Å². The average Bonchev–Trinajstić information content (AvgIpc) is 2.97. The molecule has 0 aliphatic rings. The Labute approximate surface area is 290 Å². The predicted molar refractivity (Wildman–Crippen MR) is 193 cm³/mol. The lowest BCUT2D eigenvalue weighted by Gasteiger charge is -2.45. The van der Waals surface area contributed by atoms with Gasteiger partial charge in [0.25, 0.3) is 0 Å². The maximum atomic E-state index is 13.2. The predicted octanol–water partition coefficient (Wildman–Crippen LogP) is 9.05. The lowest BCUT2D eigenvalue weighted by molar-refractivity contribution is -0.298. The number of esters is 2. The van der Waals surface area contributed by atoms with Gasteiger partial charge in [-0.1, -0.05) is 88.4 Å². The van der Waals surface area contributed by atoms with Crippen LogP contribution in [0.15, 0.2) is 72.8 Å². The number of hydrogen-bond acceptors (Lipinski definition) is 8. The number of hydroxylamine groups is 4. The minimum Gasteiger partial charge on any atom is -0.459 e. The number of nitrogens with zero attached hydrogens (tertiary/aromatic N) is 2. The number of ether oxygens (including phenoxy) is 2. The SMILES string of the molecule is CC(C)C(c1ccccc1)N(OC(C)(C)C(=O)OC/C=C\COC(=O)C(C)(C)ON(C(c1ccccc1)C(C)C)C(C)(C)C)C(C)(C)C. The molecule has 2 unspecified atom stereocenters. The third-order valence-corrected chi connectivity index (χ3v) is 7.80. The molecule has 0 fully saturated rings. The second-order valence-corrected chi connectivity index (χ2v) is 16.1. The van der Waals surface area contributed by atoms with Gasteiger partial charge in [0, 0.05) is 11.1 Å². The van der Waals surface area contributed by atoms with Gasteiger partial charge in [-0.15, -0.1) is 0 Å². The van der Waals surface area contributed by atoms with Crippen molar-refractivity contribution in [1.82, 2.24) is 10.1 Å². The fourth-order valence-electron chi connectivity index (χ4n) is 5.40. The quantitative estimate of drug-likeness (QED) is 0.0998. The first-order chi connectivity index (χ1) is 22.1. The Hall–Kier alpha value is -3.04. The van der Waals surface area contributed by atoms with Crippen LogP contribution >= 0.6 is 0 Å². The number of hydrogen-bond donors (Lipinski definition) is 0. The third kappa shape index (κ3) is 11.8. The van der Waals surface area contributed by atoms with E-state index < -0.39 is 34.2 Å². The topological polar surface area (TPSA) is 77.5 Å². The molecular formula is C40H62N2O6. The first-order valence-corrected chi connectivity index (χ1v) is 17.2. The largest absolute Gasteiger partial charge is 0.459 e. The Kier molecular flexibility index (Phi) is 14.6. The molecule has 0 spiro atoms. The van der Waals surface area contributed by atoms with Gasteiger partial charge in [0.15, 0.2) is 11.2 Å². The third-order valence-electron chi connectivity index (χ3n) is 7.80. The summed E-state index contributed by atoms with van der Waals surface area (Å²) in [5.74, 6) is -0.555. The van der Waals surface area contributed by atoms with Crippen LogP contribution in [-0.2, 0) is 28.7 Å². The summed E-state index contributed by atoms with van der Waals surface area (Å²) in [4.78, 5) is 39.3.